The van der Waals surface area contributed by atoms with Crippen LogP contribution in [0.15, 0.2) is 42.5 Å². The van der Waals surface area contributed by atoms with E-state index in [2.05, 4.69) is 5.32 Å². The van der Waals surface area contributed by atoms with Gasteiger partial charge in [0, 0.05) is 17.7 Å². The zero-order chi connectivity index (χ0) is 16.3. The Bertz CT molecular complexity index is 776. The number of carboxylic acids is 1. The van der Waals surface area contributed by atoms with Crippen LogP contribution < -0.4 is 5.32 Å². The molecule has 8 heteroatoms. The van der Waals surface area contributed by atoms with Crippen molar-refractivity contribution in [3.8, 4) is 0 Å². The number of amides is 1. The zero-order valence-electron chi connectivity index (χ0n) is 10.9. The quantitative estimate of drug-likeness (QED) is 0.666. The van der Waals surface area contributed by atoms with Crippen molar-refractivity contribution in [2.45, 2.75) is 0 Å². The van der Waals surface area contributed by atoms with E-state index in [1.165, 1.54) is 12.1 Å². The number of rotatable bonds is 4. The third kappa shape index (κ3) is 3.23. The highest BCUT2D eigenvalue weighted by molar-refractivity contribution is 6.07. The Hall–Kier alpha value is -3.29. The summed E-state index contributed by atoms with van der Waals surface area (Å²) in [5.41, 5.74) is -0.970. The minimum absolute atomic E-state index is 0.00492. The van der Waals surface area contributed by atoms with Gasteiger partial charge in [-0.3, -0.25) is 14.9 Å². The zero-order valence-corrected chi connectivity index (χ0v) is 10.9. The number of carbonyl (C=O) groups is 2. The van der Waals surface area contributed by atoms with Crippen molar-refractivity contribution in [3.05, 3.63) is 69.5 Å². The Morgan fingerprint density at radius 1 is 1.18 bits per heavy atom. The molecular weight excluding hydrogens is 295 g/mol. The molecule has 0 aromatic heterocycles. The third-order valence-corrected chi connectivity index (χ3v) is 2.78. The Labute approximate surface area is 123 Å². The van der Waals surface area contributed by atoms with Crippen LogP contribution in [0.25, 0.3) is 0 Å². The predicted octanol–water partition coefficient (Wildman–Crippen LogP) is 2.68. The lowest BCUT2D eigenvalue weighted by molar-refractivity contribution is -0.384. The maximum atomic E-state index is 13.1. The number of carbonyl (C=O) groups excluding carboxylic acids is 1. The molecule has 0 heterocycles. The van der Waals surface area contributed by atoms with E-state index < -0.39 is 33.9 Å². The number of non-ortho nitro benzene ring substituents is 1. The molecule has 1 amide bonds. The molecule has 0 atom stereocenters. The average molecular weight is 304 g/mol. The topological polar surface area (TPSA) is 110 Å². The maximum absolute atomic E-state index is 13.1. The molecule has 2 aromatic rings. The molecule has 0 aliphatic heterocycles. The molecule has 2 N–H and O–H groups in total. The van der Waals surface area contributed by atoms with Gasteiger partial charge in [0.15, 0.2) is 0 Å². The van der Waals surface area contributed by atoms with Crippen LogP contribution in [0.3, 0.4) is 0 Å². The van der Waals surface area contributed by atoms with E-state index in [9.17, 15) is 24.1 Å². The van der Waals surface area contributed by atoms with E-state index in [1.807, 2.05) is 0 Å². The summed E-state index contributed by atoms with van der Waals surface area (Å²) in [4.78, 5) is 33.0. The first-order chi connectivity index (χ1) is 10.4. The van der Waals surface area contributed by atoms with Crippen LogP contribution >= 0.6 is 0 Å². The average Bonchev–Trinajstić information content (AvgIpc) is 2.47. The van der Waals surface area contributed by atoms with Crippen LogP contribution in [0.2, 0.25) is 0 Å². The molecule has 112 valence electrons. The van der Waals surface area contributed by atoms with E-state index >= 15 is 0 Å². The lowest BCUT2D eigenvalue weighted by Gasteiger charge is -2.08. The summed E-state index contributed by atoms with van der Waals surface area (Å²) < 4.78 is 13.1. The van der Waals surface area contributed by atoms with E-state index in [0.29, 0.717) is 0 Å². The van der Waals surface area contributed by atoms with Crippen LogP contribution in [-0.2, 0) is 0 Å². The van der Waals surface area contributed by atoms with Crippen LogP contribution in [-0.4, -0.2) is 21.9 Å². The largest absolute Gasteiger partial charge is 0.478 e. The predicted molar refractivity (Wildman–Crippen MR) is 74.4 cm³/mol. The van der Waals surface area contributed by atoms with Gasteiger partial charge in [0.2, 0.25) is 0 Å². The second-order valence-corrected chi connectivity index (χ2v) is 4.26. The summed E-state index contributed by atoms with van der Waals surface area (Å²) in [6.07, 6.45) is 0. The lowest BCUT2D eigenvalue weighted by atomic mass is 10.1. The Kier molecular flexibility index (Phi) is 4.12. The molecule has 0 saturated heterocycles. The summed E-state index contributed by atoms with van der Waals surface area (Å²) in [5.74, 6) is -2.77. The monoisotopic (exact) mass is 304 g/mol. The van der Waals surface area contributed by atoms with E-state index in [1.54, 1.807) is 0 Å². The number of hydrogen-bond acceptors (Lipinski definition) is 4. The number of nitrogens with zero attached hydrogens (tertiary/aromatic N) is 1. The summed E-state index contributed by atoms with van der Waals surface area (Å²) in [6, 6.07) is 7.84. The van der Waals surface area contributed by atoms with Crippen molar-refractivity contribution in [2.75, 3.05) is 5.32 Å². The molecule has 2 rings (SSSR count). The van der Waals surface area contributed by atoms with Crippen molar-refractivity contribution in [1.82, 2.24) is 0 Å². The number of hydrogen-bond donors (Lipinski definition) is 2. The van der Waals surface area contributed by atoms with E-state index in [-0.39, 0.29) is 11.3 Å². The first kappa shape index (κ1) is 15.1. The number of nitro groups is 1. The molecule has 0 aliphatic carbocycles. The summed E-state index contributed by atoms with van der Waals surface area (Å²) >= 11 is 0. The van der Waals surface area contributed by atoms with E-state index in [0.717, 1.165) is 30.3 Å². The van der Waals surface area contributed by atoms with Crippen LogP contribution in [0, 0.1) is 15.9 Å². The molecule has 0 radical (unpaired) electrons. The molecule has 22 heavy (non-hydrogen) atoms. The summed E-state index contributed by atoms with van der Waals surface area (Å²) in [7, 11) is 0. The van der Waals surface area contributed by atoms with Crippen LogP contribution in [0.4, 0.5) is 15.8 Å². The van der Waals surface area contributed by atoms with E-state index in [4.69, 9.17) is 5.11 Å². The molecule has 0 bridgehead atoms. The molecule has 0 spiro atoms. The molecule has 0 fully saturated rings. The molecule has 0 saturated carbocycles. The first-order valence-corrected chi connectivity index (χ1v) is 5.97. The van der Waals surface area contributed by atoms with Gasteiger partial charge in [-0.15, -0.1) is 0 Å². The number of aromatic carboxylic acids is 1. The Morgan fingerprint density at radius 3 is 2.50 bits per heavy atom. The van der Waals surface area contributed by atoms with Gasteiger partial charge in [-0.2, -0.15) is 0 Å². The van der Waals surface area contributed by atoms with Gasteiger partial charge in [-0.1, -0.05) is 6.07 Å². The Balaban J connectivity index is 2.34. The highest BCUT2D eigenvalue weighted by atomic mass is 19.1. The fourth-order valence-electron chi connectivity index (χ4n) is 1.76. The van der Waals surface area contributed by atoms with Crippen molar-refractivity contribution in [3.63, 3.8) is 0 Å². The molecule has 7 nitrogen and oxygen atoms in total. The standard InChI is InChI=1S/C14H9FN2O5/c15-9-3-1-2-8(6-9)13(18)16-12-5-4-10(17(21)22)7-11(12)14(19)20/h1-7H,(H,16,18)(H,19,20). The Morgan fingerprint density at radius 2 is 1.91 bits per heavy atom. The van der Waals surface area contributed by atoms with Gasteiger partial charge in [0.1, 0.15) is 5.82 Å². The van der Waals surface area contributed by atoms with Crippen molar-refractivity contribution >= 4 is 23.3 Å². The van der Waals surface area contributed by atoms with Crippen molar-refractivity contribution in [2.24, 2.45) is 0 Å². The molecule has 0 unspecified atom stereocenters. The number of benzene rings is 2. The number of anilines is 1. The third-order valence-electron chi connectivity index (χ3n) is 2.78. The van der Waals surface area contributed by atoms with Gasteiger partial charge in [0.25, 0.3) is 11.6 Å². The van der Waals surface area contributed by atoms with Gasteiger partial charge in [0.05, 0.1) is 16.2 Å². The van der Waals surface area contributed by atoms with Gasteiger partial charge < -0.3 is 10.4 Å². The fraction of sp³-hybridized carbons (Fsp3) is 0. The minimum atomic E-state index is -1.43. The van der Waals surface area contributed by atoms with Crippen LogP contribution in [0.5, 0.6) is 0 Å². The van der Waals surface area contributed by atoms with Crippen LogP contribution in [0.1, 0.15) is 20.7 Å². The van der Waals surface area contributed by atoms with Crippen molar-refractivity contribution < 1.29 is 24.0 Å². The summed E-state index contributed by atoms with van der Waals surface area (Å²) in [5, 5.41) is 22.0. The minimum Gasteiger partial charge on any atom is -0.478 e. The van der Waals surface area contributed by atoms with Gasteiger partial charge in [-0.25, -0.2) is 9.18 Å². The highest BCUT2D eigenvalue weighted by Gasteiger charge is 2.18. The molecular formula is C14H9FN2O5. The van der Waals surface area contributed by atoms with Gasteiger partial charge >= 0.3 is 5.97 Å². The number of carboxylic acid groups (broad SMARTS) is 1. The second-order valence-electron chi connectivity index (χ2n) is 4.26. The van der Waals surface area contributed by atoms with Gasteiger partial charge in [-0.05, 0) is 24.3 Å². The smallest absolute Gasteiger partial charge is 0.338 e. The lowest BCUT2D eigenvalue weighted by Crippen LogP contribution is -2.15. The molecule has 2 aromatic carbocycles. The summed E-state index contributed by atoms with van der Waals surface area (Å²) in [6.45, 7) is 0. The maximum Gasteiger partial charge on any atom is 0.338 e. The molecule has 0 aliphatic rings. The number of halogens is 1. The number of nitrogens with one attached hydrogen (secondary N) is 1. The van der Waals surface area contributed by atoms with Crippen molar-refractivity contribution in [1.29, 1.82) is 0 Å². The fourth-order valence-corrected chi connectivity index (χ4v) is 1.76. The number of nitro benzene ring substituents is 1. The normalized spacial score (nSPS) is 10.0. The highest BCUT2D eigenvalue weighted by Crippen LogP contribution is 2.23. The first-order valence-electron chi connectivity index (χ1n) is 5.97. The SMILES string of the molecule is O=C(Nc1ccc([N+](=O)[O-])cc1C(=O)O)c1cccc(F)c1. The second kappa shape index (κ2) is 6.00.